The molecule has 0 aliphatic carbocycles. The first-order chi connectivity index (χ1) is 33.4. The van der Waals surface area contributed by atoms with Crippen molar-refractivity contribution in [3.63, 3.8) is 0 Å². The molecule has 70 heavy (non-hydrogen) atoms. The number of rotatable bonds is 9. The van der Waals surface area contributed by atoms with Crippen molar-refractivity contribution in [1.29, 1.82) is 0 Å². The van der Waals surface area contributed by atoms with Gasteiger partial charge in [-0.2, -0.15) is 0 Å². The Hall–Kier alpha value is -7.02. The van der Waals surface area contributed by atoms with Gasteiger partial charge >= 0.3 is 0 Å². The van der Waals surface area contributed by atoms with Crippen molar-refractivity contribution in [2.45, 2.75) is 53.8 Å². The van der Waals surface area contributed by atoms with Gasteiger partial charge in [-0.25, -0.2) is 0 Å². The minimum absolute atomic E-state index is 0. The maximum atomic E-state index is 14.4. The summed E-state index contributed by atoms with van der Waals surface area (Å²) in [5.74, 6) is 1.14. The van der Waals surface area contributed by atoms with Gasteiger partial charge in [0, 0.05) is 43.2 Å². The molecule has 0 aliphatic heterocycles. The largest absolute Gasteiger partial charge is 0.501 e. The number of para-hydroxylation sites is 2. The van der Waals surface area contributed by atoms with Crippen LogP contribution in [0, 0.1) is 37.7 Å². The molecule has 0 spiro atoms. The van der Waals surface area contributed by atoms with Gasteiger partial charge in [0.15, 0.2) is 0 Å². The molecule has 0 fully saturated rings. The Balaban J connectivity index is 0.000000189. The Morgan fingerprint density at radius 3 is 1.94 bits per heavy atom. The first-order valence-corrected chi connectivity index (χ1v) is 27.2. The summed E-state index contributed by atoms with van der Waals surface area (Å²) >= 11 is 0. The number of halogens is 1. The van der Waals surface area contributed by atoms with Gasteiger partial charge in [0.25, 0.3) is 0 Å². The molecule has 11 rings (SSSR count). The van der Waals surface area contributed by atoms with Crippen LogP contribution >= 0.6 is 0 Å². The van der Waals surface area contributed by atoms with Crippen LogP contribution in [0.3, 0.4) is 0 Å². The maximum Gasteiger partial charge on any atom is 0.120 e. The van der Waals surface area contributed by atoms with Gasteiger partial charge in [-0.05, 0) is 112 Å². The van der Waals surface area contributed by atoms with E-state index in [2.05, 4.69) is 179 Å². The first-order valence-electron chi connectivity index (χ1n) is 23.7. The van der Waals surface area contributed by atoms with Crippen LogP contribution in [0.5, 0.6) is 0 Å². The molecule has 0 bridgehead atoms. The molecule has 11 aromatic rings. The summed E-state index contributed by atoms with van der Waals surface area (Å²) in [6, 6.07) is 66.1. The van der Waals surface area contributed by atoms with Crippen LogP contribution in [0.2, 0.25) is 19.6 Å². The predicted molar refractivity (Wildman–Crippen MR) is 288 cm³/mol. The van der Waals surface area contributed by atoms with E-state index in [-0.39, 0.29) is 25.9 Å². The summed E-state index contributed by atoms with van der Waals surface area (Å²) in [5.41, 5.74) is 17.3. The predicted octanol–water partition coefficient (Wildman–Crippen LogP) is 16.4. The number of aromatic nitrogens is 3. The minimum atomic E-state index is -1.47. The molecule has 0 N–H and O–H groups in total. The van der Waals surface area contributed by atoms with E-state index in [1.54, 1.807) is 0 Å². The van der Waals surface area contributed by atoms with Gasteiger partial charge in [0.1, 0.15) is 5.58 Å². The van der Waals surface area contributed by atoms with Crippen molar-refractivity contribution < 1.29 is 28.9 Å². The fraction of sp³-hybridized carbons (Fsp3) is 0.143. The van der Waals surface area contributed by atoms with Crippen LogP contribution in [0.25, 0.3) is 94.7 Å². The SMILES string of the molecule is CC(C)Cc1cc(-c2[c-]cc(F)c(-c3ccccc3)c2)ncc1[Si](C)(C)C.Cc1cc(-c2ccccc2)cc(C)c1-n1c(-c2[c-]ccc3c2oc2ccc(-c4ccccc4)cc23)nc2ccccc21.[Ir]. The number of nitrogens with zero attached hydrogens (tertiary/aromatic N) is 3. The third-order valence-electron chi connectivity index (χ3n) is 12.8. The first kappa shape index (κ1) is 48.0. The molecule has 0 unspecified atom stereocenters. The molecular weight excluding hydrogens is 1050 g/mol. The Morgan fingerprint density at radius 1 is 0.657 bits per heavy atom. The van der Waals surface area contributed by atoms with Crippen LogP contribution < -0.4 is 5.19 Å². The van der Waals surface area contributed by atoms with Gasteiger partial charge in [-0.15, -0.1) is 42.0 Å². The Labute approximate surface area is 425 Å². The van der Waals surface area contributed by atoms with Gasteiger partial charge in [-0.1, -0.05) is 171 Å². The second kappa shape index (κ2) is 20.1. The van der Waals surface area contributed by atoms with E-state index in [1.165, 1.54) is 44.6 Å². The molecule has 3 heterocycles. The monoisotopic (exact) mass is 1110 g/mol. The third kappa shape index (κ3) is 9.62. The zero-order chi connectivity index (χ0) is 47.8. The molecule has 1 radical (unpaired) electrons. The normalized spacial score (nSPS) is 11.5. The third-order valence-corrected chi connectivity index (χ3v) is 14.9. The average molecular weight is 1110 g/mol. The molecule has 8 aromatic carbocycles. The number of benzene rings is 8. The Morgan fingerprint density at radius 2 is 1.29 bits per heavy atom. The smallest absolute Gasteiger partial charge is 0.120 e. The van der Waals surface area contributed by atoms with E-state index in [1.807, 2.05) is 60.8 Å². The van der Waals surface area contributed by atoms with E-state index >= 15 is 0 Å². The topological polar surface area (TPSA) is 43.9 Å². The summed E-state index contributed by atoms with van der Waals surface area (Å²) in [4.78, 5) is 9.91. The van der Waals surface area contributed by atoms with Gasteiger partial charge in [-0.3, -0.25) is 9.37 Å². The fourth-order valence-corrected chi connectivity index (χ4v) is 11.2. The second-order valence-electron chi connectivity index (χ2n) is 19.4. The fourth-order valence-electron chi connectivity index (χ4n) is 9.63. The molecule has 4 nitrogen and oxygen atoms in total. The van der Waals surface area contributed by atoms with Crippen molar-refractivity contribution in [3.05, 3.63) is 217 Å². The van der Waals surface area contributed by atoms with Crippen LogP contribution in [-0.2, 0) is 26.5 Å². The van der Waals surface area contributed by atoms with E-state index < -0.39 is 8.07 Å². The molecule has 7 heteroatoms. The quantitative estimate of drug-likeness (QED) is 0.107. The second-order valence-corrected chi connectivity index (χ2v) is 24.4. The zero-order valence-corrected chi connectivity index (χ0v) is 44.0. The zero-order valence-electron chi connectivity index (χ0n) is 40.6. The molecule has 0 amide bonds. The van der Waals surface area contributed by atoms with Crippen molar-refractivity contribution in [3.8, 4) is 61.7 Å². The summed E-state index contributed by atoms with van der Waals surface area (Å²) in [7, 11) is -1.47. The molecule has 349 valence electrons. The number of imidazole rings is 1. The van der Waals surface area contributed by atoms with Crippen LogP contribution in [0.15, 0.2) is 187 Å². The van der Waals surface area contributed by atoms with E-state index in [9.17, 15) is 4.39 Å². The molecule has 0 atom stereocenters. The van der Waals surface area contributed by atoms with Gasteiger partial charge < -0.3 is 14.0 Å². The van der Waals surface area contributed by atoms with Gasteiger partial charge in [0.05, 0.1) is 30.5 Å². The number of hydrogen-bond acceptors (Lipinski definition) is 3. The number of hydrogen-bond donors (Lipinski definition) is 0. The molecule has 0 saturated heterocycles. The maximum absolute atomic E-state index is 14.4. The van der Waals surface area contributed by atoms with E-state index in [0.29, 0.717) is 11.5 Å². The van der Waals surface area contributed by atoms with E-state index in [0.717, 1.165) is 78.9 Å². The number of furan rings is 1. The molecule has 0 aliphatic rings. The van der Waals surface area contributed by atoms with Crippen molar-refractivity contribution in [1.82, 2.24) is 14.5 Å². The summed E-state index contributed by atoms with van der Waals surface area (Å²) < 4.78 is 23.2. The van der Waals surface area contributed by atoms with Crippen LogP contribution in [0.4, 0.5) is 4.39 Å². The van der Waals surface area contributed by atoms with Crippen LogP contribution in [-0.4, -0.2) is 22.6 Å². The molecular formula is C63H54FIrN3OSi-2. The number of aryl methyl sites for hydroxylation is 2. The molecule has 3 aromatic heterocycles. The summed E-state index contributed by atoms with van der Waals surface area (Å²) in [6.45, 7) is 15.9. The average Bonchev–Trinajstić information content (AvgIpc) is 3.93. The molecule has 0 saturated carbocycles. The van der Waals surface area contributed by atoms with E-state index in [4.69, 9.17) is 14.4 Å². The van der Waals surface area contributed by atoms with Crippen molar-refractivity contribution in [2.75, 3.05) is 0 Å². The van der Waals surface area contributed by atoms with Crippen LogP contribution in [0.1, 0.15) is 30.5 Å². The minimum Gasteiger partial charge on any atom is -0.501 e. The number of fused-ring (bicyclic) bond motifs is 4. The summed E-state index contributed by atoms with van der Waals surface area (Å²) in [6.07, 6.45) is 3.07. The standard InChI is InChI=1S/C39H27N2O.C24H27FNSi.Ir/c1-25-22-30(28-14-7-4-8-15-28)23-26(2)37(25)41-35-19-10-9-18-34(35)40-39(41)32-17-11-16-31-33-24-29(27-12-5-3-6-13-27)20-21-36(33)42-38(31)32;1-17(2)13-20-15-23(26-16-24(20)27(3,4)5)19-11-12-22(25)21(14-19)18-9-7-6-8-10-18;/h3-16,18-24H,1-2H3;6-10,12,14-17H,13H2,1-5H3;/q2*-1;. The summed E-state index contributed by atoms with van der Waals surface area (Å²) in [5, 5.41) is 3.55. The van der Waals surface area contributed by atoms with Gasteiger partial charge in [0.2, 0.25) is 0 Å². The number of pyridine rings is 1. The van der Waals surface area contributed by atoms with Crippen molar-refractivity contribution in [2.24, 2.45) is 5.92 Å². The van der Waals surface area contributed by atoms with Crippen molar-refractivity contribution >= 4 is 46.2 Å². The Bertz CT molecular complexity index is 3610. The Kier molecular flexibility index (Phi) is 13.8.